The average Bonchev–Trinajstić information content (AvgIpc) is 2.66. The highest BCUT2D eigenvalue weighted by Crippen LogP contribution is 2.24. The molecule has 0 fully saturated rings. The number of pyridine rings is 1. The number of hydrogen-bond acceptors (Lipinski definition) is 3. The van der Waals surface area contributed by atoms with Gasteiger partial charge in [0.15, 0.2) is 0 Å². The van der Waals surface area contributed by atoms with Crippen LogP contribution in [0.3, 0.4) is 0 Å². The Balaban J connectivity index is 1.95. The van der Waals surface area contributed by atoms with Gasteiger partial charge in [-0.05, 0) is 51.5 Å². The first-order chi connectivity index (χ1) is 7.75. The molecule has 0 radical (unpaired) electrons. The van der Waals surface area contributed by atoms with E-state index in [0.717, 1.165) is 10.0 Å². The molecular weight excluding hydrogens is 286 g/mol. The molecule has 2 heterocycles. The number of hydrogen-bond donors (Lipinski definition) is 1. The Kier molecular flexibility index (Phi) is 4.09. The van der Waals surface area contributed by atoms with Gasteiger partial charge in [0, 0.05) is 28.2 Å². The zero-order valence-electron chi connectivity index (χ0n) is 8.64. The van der Waals surface area contributed by atoms with Crippen molar-refractivity contribution in [1.82, 2.24) is 4.98 Å². The Morgan fingerprint density at radius 3 is 2.62 bits per heavy atom. The number of nitrogens with zero attached hydrogens (tertiary/aromatic N) is 1. The van der Waals surface area contributed by atoms with Gasteiger partial charge in [-0.25, -0.2) is 0 Å². The van der Waals surface area contributed by atoms with Crippen LogP contribution < -0.4 is 0 Å². The van der Waals surface area contributed by atoms with Crippen molar-refractivity contribution in [2.24, 2.45) is 0 Å². The van der Waals surface area contributed by atoms with Crippen molar-refractivity contribution in [3.63, 3.8) is 0 Å². The molecule has 2 aromatic heterocycles. The van der Waals surface area contributed by atoms with Crippen LogP contribution in [0.4, 0.5) is 0 Å². The molecule has 2 aromatic rings. The van der Waals surface area contributed by atoms with Crippen LogP contribution >= 0.6 is 27.3 Å². The molecule has 4 heteroatoms. The fraction of sp³-hybridized carbons (Fsp3) is 0.250. The molecule has 0 amide bonds. The van der Waals surface area contributed by atoms with Gasteiger partial charge in [-0.2, -0.15) is 0 Å². The molecule has 1 N–H and O–H groups in total. The molecule has 0 aliphatic rings. The minimum atomic E-state index is -0.336. The van der Waals surface area contributed by atoms with Gasteiger partial charge in [0.25, 0.3) is 0 Å². The van der Waals surface area contributed by atoms with E-state index < -0.39 is 0 Å². The van der Waals surface area contributed by atoms with Gasteiger partial charge in [0.05, 0.1) is 6.10 Å². The van der Waals surface area contributed by atoms with Crippen LogP contribution in [0, 0.1) is 0 Å². The molecule has 0 saturated carbocycles. The molecule has 2 rings (SSSR count). The summed E-state index contributed by atoms with van der Waals surface area (Å²) in [6, 6.07) is 5.89. The van der Waals surface area contributed by atoms with Crippen molar-refractivity contribution in [3.8, 4) is 0 Å². The van der Waals surface area contributed by atoms with Crippen molar-refractivity contribution in [2.45, 2.75) is 18.9 Å². The number of thiophene rings is 1. The monoisotopic (exact) mass is 297 g/mol. The lowest BCUT2D eigenvalue weighted by atomic mass is 10.1. The molecule has 84 valence electrons. The number of halogens is 1. The lowest BCUT2D eigenvalue weighted by Crippen LogP contribution is -2.13. The SMILES string of the molecule is OC(Cc1ccncc1)Cc1sccc1Br. The number of aliphatic hydroxyl groups excluding tert-OH is 1. The third-order valence-electron chi connectivity index (χ3n) is 2.33. The molecule has 0 spiro atoms. The molecule has 0 aliphatic heterocycles. The van der Waals surface area contributed by atoms with E-state index >= 15 is 0 Å². The summed E-state index contributed by atoms with van der Waals surface area (Å²) in [6.07, 6.45) is 4.54. The second-order valence-corrected chi connectivity index (χ2v) is 5.46. The summed E-state index contributed by atoms with van der Waals surface area (Å²) in [5.74, 6) is 0. The summed E-state index contributed by atoms with van der Waals surface area (Å²) in [5.41, 5.74) is 1.12. The van der Waals surface area contributed by atoms with E-state index in [1.165, 1.54) is 4.88 Å². The largest absolute Gasteiger partial charge is 0.392 e. The predicted molar refractivity (Wildman–Crippen MR) is 69.7 cm³/mol. The van der Waals surface area contributed by atoms with Gasteiger partial charge in [0.2, 0.25) is 0 Å². The van der Waals surface area contributed by atoms with Gasteiger partial charge < -0.3 is 5.11 Å². The maximum atomic E-state index is 9.96. The molecule has 16 heavy (non-hydrogen) atoms. The zero-order chi connectivity index (χ0) is 11.4. The Morgan fingerprint density at radius 2 is 2.00 bits per heavy atom. The molecule has 2 nitrogen and oxygen atoms in total. The minimum Gasteiger partial charge on any atom is -0.392 e. The topological polar surface area (TPSA) is 33.1 Å². The molecular formula is C12H12BrNOS. The second-order valence-electron chi connectivity index (χ2n) is 3.61. The minimum absolute atomic E-state index is 0.336. The van der Waals surface area contributed by atoms with Gasteiger partial charge in [-0.1, -0.05) is 0 Å². The summed E-state index contributed by atoms with van der Waals surface area (Å²) in [6.45, 7) is 0. The smallest absolute Gasteiger partial charge is 0.0629 e. The van der Waals surface area contributed by atoms with Crippen LogP contribution in [0.25, 0.3) is 0 Å². The van der Waals surface area contributed by atoms with E-state index in [2.05, 4.69) is 20.9 Å². The van der Waals surface area contributed by atoms with Crippen molar-refractivity contribution >= 4 is 27.3 Å². The fourth-order valence-electron chi connectivity index (χ4n) is 1.55. The molecule has 0 aromatic carbocycles. The third kappa shape index (κ3) is 3.14. The van der Waals surface area contributed by atoms with E-state index in [0.29, 0.717) is 12.8 Å². The fourth-order valence-corrected chi connectivity index (χ4v) is 3.13. The number of rotatable bonds is 4. The predicted octanol–water partition coefficient (Wildman–Crippen LogP) is 3.05. The van der Waals surface area contributed by atoms with Gasteiger partial charge in [0.1, 0.15) is 0 Å². The normalized spacial score (nSPS) is 12.6. The lowest BCUT2D eigenvalue weighted by molar-refractivity contribution is 0.176. The zero-order valence-corrected chi connectivity index (χ0v) is 11.0. The highest BCUT2D eigenvalue weighted by Gasteiger charge is 2.10. The first kappa shape index (κ1) is 11.8. The summed E-state index contributed by atoms with van der Waals surface area (Å²) in [7, 11) is 0. The maximum absolute atomic E-state index is 9.96. The van der Waals surface area contributed by atoms with E-state index in [4.69, 9.17) is 0 Å². The summed E-state index contributed by atoms with van der Waals surface area (Å²) >= 11 is 5.14. The van der Waals surface area contributed by atoms with Gasteiger partial charge in [-0.3, -0.25) is 4.98 Å². The van der Waals surface area contributed by atoms with E-state index in [9.17, 15) is 5.11 Å². The van der Waals surface area contributed by atoms with Crippen molar-refractivity contribution in [1.29, 1.82) is 0 Å². The summed E-state index contributed by atoms with van der Waals surface area (Å²) in [4.78, 5) is 5.15. The first-order valence-electron chi connectivity index (χ1n) is 5.04. The summed E-state index contributed by atoms with van der Waals surface area (Å²) < 4.78 is 1.09. The Morgan fingerprint density at radius 1 is 1.25 bits per heavy atom. The number of aliphatic hydroxyl groups is 1. The Bertz CT molecular complexity index is 443. The van der Waals surface area contributed by atoms with Crippen LogP contribution in [0.2, 0.25) is 0 Å². The van der Waals surface area contributed by atoms with Crippen LogP contribution in [-0.4, -0.2) is 16.2 Å². The quantitative estimate of drug-likeness (QED) is 0.941. The van der Waals surface area contributed by atoms with Gasteiger partial charge in [-0.15, -0.1) is 11.3 Å². The van der Waals surface area contributed by atoms with Crippen molar-refractivity contribution < 1.29 is 5.11 Å². The van der Waals surface area contributed by atoms with E-state index in [1.807, 2.05) is 23.6 Å². The molecule has 1 unspecified atom stereocenters. The molecule has 0 saturated heterocycles. The highest BCUT2D eigenvalue weighted by molar-refractivity contribution is 9.10. The second kappa shape index (κ2) is 5.57. The lowest BCUT2D eigenvalue weighted by Gasteiger charge is -2.09. The molecule has 0 aliphatic carbocycles. The number of aromatic nitrogens is 1. The van der Waals surface area contributed by atoms with Crippen LogP contribution in [0.1, 0.15) is 10.4 Å². The highest BCUT2D eigenvalue weighted by atomic mass is 79.9. The van der Waals surface area contributed by atoms with Crippen LogP contribution in [0.15, 0.2) is 40.4 Å². The first-order valence-corrected chi connectivity index (χ1v) is 6.72. The Hall–Kier alpha value is -0.710. The van der Waals surface area contributed by atoms with Crippen molar-refractivity contribution in [2.75, 3.05) is 0 Å². The van der Waals surface area contributed by atoms with Crippen LogP contribution in [0.5, 0.6) is 0 Å². The summed E-state index contributed by atoms with van der Waals surface area (Å²) in [5, 5.41) is 12.0. The van der Waals surface area contributed by atoms with Crippen molar-refractivity contribution in [3.05, 3.63) is 50.9 Å². The van der Waals surface area contributed by atoms with E-state index in [-0.39, 0.29) is 6.10 Å². The van der Waals surface area contributed by atoms with E-state index in [1.54, 1.807) is 23.7 Å². The molecule has 1 atom stereocenters. The average molecular weight is 298 g/mol. The maximum Gasteiger partial charge on any atom is 0.0629 e. The van der Waals surface area contributed by atoms with Gasteiger partial charge >= 0.3 is 0 Å². The Labute approximate surface area is 107 Å². The standard InChI is InChI=1S/C12H12BrNOS/c13-11-3-6-16-12(11)8-10(15)7-9-1-4-14-5-2-9/h1-6,10,15H,7-8H2. The molecule has 0 bridgehead atoms. The third-order valence-corrected chi connectivity index (χ3v) is 4.28. The van der Waals surface area contributed by atoms with Crippen LogP contribution in [-0.2, 0) is 12.8 Å².